The fourth-order valence-corrected chi connectivity index (χ4v) is 6.39. The van der Waals surface area contributed by atoms with E-state index in [1.165, 1.54) is 25.3 Å². The fourth-order valence-electron chi connectivity index (χ4n) is 5.64. The molecule has 0 aromatic heterocycles. The van der Waals surface area contributed by atoms with Crippen LogP contribution in [0.15, 0.2) is 18.2 Å². The summed E-state index contributed by atoms with van der Waals surface area (Å²) in [7, 11) is -4.23. The molecule has 0 radical (unpaired) electrons. The number of hydrogen-bond donors (Lipinski definition) is 1. The number of halogens is 1. The Balaban J connectivity index is 1.50. The van der Waals surface area contributed by atoms with E-state index < -0.39 is 33.9 Å². The van der Waals surface area contributed by atoms with Crippen molar-refractivity contribution in [3.8, 4) is 5.75 Å². The Labute approximate surface area is 183 Å². The monoisotopic (exact) mass is 534 g/mol. The van der Waals surface area contributed by atoms with Gasteiger partial charge in [0.1, 0.15) is 23.7 Å². The standard InChI is InChI=1S/C20H23IO7S/c21-15-1-2-16(18(22)27-3-4-29(24,25)26)17(8-15)28-19(23)20-9-12-5-13(10-20)7-14(6-12)11-20/h1-2,8,12-14H,3-7,9-11H2,(H,24,25,26). The predicted molar refractivity (Wildman–Crippen MR) is 112 cm³/mol. The van der Waals surface area contributed by atoms with Crippen LogP contribution < -0.4 is 4.74 Å². The lowest BCUT2D eigenvalue weighted by Crippen LogP contribution is -2.51. The number of benzene rings is 1. The molecule has 158 valence electrons. The third kappa shape index (κ3) is 4.61. The van der Waals surface area contributed by atoms with E-state index in [0.29, 0.717) is 17.8 Å². The van der Waals surface area contributed by atoms with Crippen LogP contribution in [0.5, 0.6) is 5.75 Å². The third-order valence-electron chi connectivity index (χ3n) is 6.41. The molecule has 9 heteroatoms. The first-order valence-corrected chi connectivity index (χ1v) is 12.5. The molecule has 29 heavy (non-hydrogen) atoms. The van der Waals surface area contributed by atoms with Gasteiger partial charge < -0.3 is 9.47 Å². The first-order chi connectivity index (χ1) is 13.6. The number of ether oxygens (including phenoxy) is 2. The second-order valence-corrected chi connectivity index (χ2v) is 11.5. The first kappa shape index (κ1) is 21.0. The lowest BCUT2D eigenvalue weighted by Gasteiger charge is -2.55. The molecule has 4 aliphatic carbocycles. The van der Waals surface area contributed by atoms with E-state index in [0.717, 1.165) is 22.8 Å². The first-order valence-electron chi connectivity index (χ1n) is 9.78. The molecule has 0 unspecified atom stereocenters. The quantitative estimate of drug-likeness (QED) is 0.258. The van der Waals surface area contributed by atoms with E-state index in [9.17, 15) is 18.0 Å². The zero-order valence-corrected chi connectivity index (χ0v) is 18.8. The van der Waals surface area contributed by atoms with Crippen molar-refractivity contribution in [1.82, 2.24) is 0 Å². The van der Waals surface area contributed by atoms with Crippen LogP contribution in [0.25, 0.3) is 0 Å². The van der Waals surface area contributed by atoms with Gasteiger partial charge in [-0.25, -0.2) is 4.79 Å². The third-order valence-corrected chi connectivity index (χ3v) is 7.77. The maximum atomic E-state index is 13.2. The van der Waals surface area contributed by atoms with Gasteiger partial charge in [-0.05, 0) is 97.1 Å². The molecule has 4 bridgehead atoms. The Morgan fingerprint density at radius 3 is 2.24 bits per heavy atom. The minimum absolute atomic E-state index is 0.0684. The lowest BCUT2D eigenvalue weighted by molar-refractivity contribution is -0.161. The average Bonchev–Trinajstić information content (AvgIpc) is 2.59. The summed E-state index contributed by atoms with van der Waals surface area (Å²) in [5.74, 6) is 0.156. The fraction of sp³-hybridized carbons (Fsp3) is 0.600. The molecular weight excluding hydrogens is 511 g/mol. The van der Waals surface area contributed by atoms with Gasteiger partial charge in [-0.2, -0.15) is 8.42 Å². The van der Waals surface area contributed by atoms with Crippen molar-refractivity contribution in [3.05, 3.63) is 27.3 Å². The number of hydrogen-bond acceptors (Lipinski definition) is 6. The highest BCUT2D eigenvalue weighted by Gasteiger charge is 2.55. The van der Waals surface area contributed by atoms with E-state index in [-0.39, 0.29) is 17.3 Å². The second kappa shape index (κ2) is 7.81. The zero-order chi connectivity index (χ0) is 20.8. The summed E-state index contributed by atoms with van der Waals surface area (Å²) in [5, 5.41) is 0. The Bertz CT molecular complexity index is 905. The van der Waals surface area contributed by atoms with Gasteiger partial charge in [-0.3, -0.25) is 9.35 Å². The van der Waals surface area contributed by atoms with Crippen molar-refractivity contribution in [1.29, 1.82) is 0 Å². The molecule has 4 aliphatic rings. The SMILES string of the molecule is O=C(OCCS(=O)(=O)O)c1ccc(I)cc1OC(=O)C12CC3CC(CC(C3)C1)C2. The summed E-state index contributed by atoms with van der Waals surface area (Å²) in [6.07, 6.45) is 6.20. The van der Waals surface area contributed by atoms with Gasteiger partial charge in [0, 0.05) is 3.57 Å². The van der Waals surface area contributed by atoms with Crippen LogP contribution in [0.2, 0.25) is 0 Å². The largest absolute Gasteiger partial charge is 0.461 e. The van der Waals surface area contributed by atoms with Crippen LogP contribution in [0.3, 0.4) is 0 Å². The van der Waals surface area contributed by atoms with Crippen LogP contribution in [0.4, 0.5) is 0 Å². The Morgan fingerprint density at radius 1 is 1.10 bits per heavy atom. The average molecular weight is 534 g/mol. The second-order valence-electron chi connectivity index (χ2n) is 8.65. The Morgan fingerprint density at radius 2 is 1.69 bits per heavy atom. The lowest BCUT2D eigenvalue weighted by atomic mass is 9.49. The Kier molecular flexibility index (Phi) is 5.67. The molecule has 1 N–H and O–H groups in total. The molecule has 0 aliphatic heterocycles. The van der Waals surface area contributed by atoms with Crippen molar-refractivity contribution < 1.29 is 32.0 Å². The molecule has 0 atom stereocenters. The normalized spacial score (nSPS) is 30.2. The molecule has 0 saturated heterocycles. The summed E-state index contributed by atoms with van der Waals surface area (Å²) in [6, 6.07) is 4.79. The highest BCUT2D eigenvalue weighted by atomic mass is 127. The molecule has 4 fully saturated rings. The summed E-state index contributed by atoms with van der Waals surface area (Å²) in [6.45, 7) is -0.480. The minimum atomic E-state index is -4.23. The summed E-state index contributed by atoms with van der Waals surface area (Å²) in [5.41, 5.74) is -0.388. The minimum Gasteiger partial charge on any atom is -0.461 e. The van der Waals surface area contributed by atoms with Gasteiger partial charge in [-0.1, -0.05) is 0 Å². The highest BCUT2D eigenvalue weighted by molar-refractivity contribution is 14.1. The molecule has 5 rings (SSSR count). The van der Waals surface area contributed by atoms with Crippen molar-refractivity contribution >= 4 is 44.6 Å². The molecule has 7 nitrogen and oxygen atoms in total. The molecule has 0 amide bonds. The molecule has 1 aromatic carbocycles. The van der Waals surface area contributed by atoms with Crippen LogP contribution >= 0.6 is 22.6 Å². The van der Waals surface area contributed by atoms with Crippen LogP contribution in [-0.4, -0.2) is 37.3 Å². The maximum absolute atomic E-state index is 13.2. The van der Waals surface area contributed by atoms with Gasteiger partial charge >= 0.3 is 11.9 Å². The topological polar surface area (TPSA) is 107 Å². The van der Waals surface area contributed by atoms with Crippen molar-refractivity contribution in [2.75, 3.05) is 12.4 Å². The Hall–Kier alpha value is -1.20. The number of rotatable bonds is 6. The maximum Gasteiger partial charge on any atom is 0.341 e. The van der Waals surface area contributed by atoms with E-state index in [1.807, 2.05) is 0 Å². The molecule has 4 saturated carbocycles. The molecule has 0 heterocycles. The van der Waals surface area contributed by atoms with E-state index >= 15 is 0 Å². The number of esters is 2. The van der Waals surface area contributed by atoms with E-state index in [2.05, 4.69) is 22.6 Å². The predicted octanol–water partition coefficient (Wildman–Crippen LogP) is 3.46. The summed E-state index contributed by atoms with van der Waals surface area (Å²) < 4.78 is 41.9. The molecular formula is C20H23IO7S. The van der Waals surface area contributed by atoms with Crippen LogP contribution in [0, 0.1) is 26.7 Å². The van der Waals surface area contributed by atoms with Crippen LogP contribution in [-0.2, 0) is 19.6 Å². The molecule has 0 spiro atoms. The van der Waals surface area contributed by atoms with Crippen molar-refractivity contribution in [2.24, 2.45) is 23.2 Å². The summed E-state index contributed by atoms with van der Waals surface area (Å²) >= 11 is 2.07. The highest BCUT2D eigenvalue weighted by Crippen LogP contribution is 2.60. The van der Waals surface area contributed by atoms with E-state index in [4.69, 9.17) is 14.0 Å². The van der Waals surface area contributed by atoms with Gasteiger partial charge in [-0.15, -0.1) is 0 Å². The van der Waals surface area contributed by atoms with Crippen molar-refractivity contribution in [3.63, 3.8) is 0 Å². The van der Waals surface area contributed by atoms with Crippen molar-refractivity contribution in [2.45, 2.75) is 38.5 Å². The van der Waals surface area contributed by atoms with E-state index in [1.54, 1.807) is 12.1 Å². The number of carbonyl (C=O) groups is 2. The van der Waals surface area contributed by atoms with Gasteiger partial charge in [0.2, 0.25) is 0 Å². The van der Waals surface area contributed by atoms with Gasteiger partial charge in [0.25, 0.3) is 10.1 Å². The zero-order valence-electron chi connectivity index (χ0n) is 15.8. The summed E-state index contributed by atoms with van der Waals surface area (Å²) in [4.78, 5) is 25.6. The smallest absolute Gasteiger partial charge is 0.341 e. The van der Waals surface area contributed by atoms with Crippen LogP contribution in [0.1, 0.15) is 48.9 Å². The molecule has 1 aromatic rings. The van der Waals surface area contributed by atoms with Gasteiger partial charge in [0.05, 0.1) is 5.41 Å². The van der Waals surface area contributed by atoms with Gasteiger partial charge in [0.15, 0.2) is 0 Å². The number of carbonyl (C=O) groups excluding carboxylic acids is 2.